The van der Waals surface area contributed by atoms with E-state index >= 15 is 0 Å². The standard InChI is InChI=1S/C23H23BrN2O2/c1-2-28-23(27)21-20(16-9-5-3-6-10-16)18-15-17(24)11-12-19(18)25-22(21)26-13-7-4-8-14-26/h3,5-6,9-12,15H,2,4,7-8,13-14H2,1H3. The Kier molecular flexibility index (Phi) is 5.62. The molecule has 144 valence electrons. The minimum atomic E-state index is -0.309. The summed E-state index contributed by atoms with van der Waals surface area (Å²) in [6.07, 6.45) is 3.45. The quantitative estimate of drug-likeness (QED) is 0.480. The Hall–Kier alpha value is -2.40. The molecule has 0 atom stereocenters. The maximum Gasteiger partial charge on any atom is 0.342 e. The van der Waals surface area contributed by atoms with Crippen LogP contribution in [0.1, 0.15) is 36.5 Å². The van der Waals surface area contributed by atoms with Crippen LogP contribution in [0.3, 0.4) is 0 Å². The predicted molar refractivity (Wildman–Crippen MR) is 117 cm³/mol. The van der Waals surface area contributed by atoms with Crippen LogP contribution < -0.4 is 4.90 Å². The minimum Gasteiger partial charge on any atom is -0.462 e. The lowest BCUT2D eigenvalue weighted by molar-refractivity contribution is 0.0527. The van der Waals surface area contributed by atoms with Gasteiger partial charge in [0.15, 0.2) is 0 Å². The van der Waals surface area contributed by atoms with Gasteiger partial charge < -0.3 is 9.64 Å². The Morgan fingerprint density at radius 1 is 1.11 bits per heavy atom. The second kappa shape index (κ2) is 8.31. The number of anilines is 1. The summed E-state index contributed by atoms with van der Waals surface area (Å²) in [4.78, 5) is 20.3. The van der Waals surface area contributed by atoms with Gasteiger partial charge in [0, 0.05) is 28.5 Å². The van der Waals surface area contributed by atoms with E-state index in [2.05, 4.69) is 20.8 Å². The summed E-state index contributed by atoms with van der Waals surface area (Å²) in [5.41, 5.74) is 3.34. The Balaban J connectivity index is 2.06. The van der Waals surface area contributed by atoms with Crippen molar-refractivity contribution in [2.45, 2.75) is 26.2 Å². The van der Waals surface area contributed by atoms with E-state index in [1.54, 1.807) is 0 Å². The molecule has 1 saturated heterocycles. The average Bonchev–Trinajstić information content (AvgIpc) is 2.74. The van der Waals surface area contributed by atoms with E-state index in [-0.39, 0.29) is 5.97 Å². The SMILES string of the molecule is CCOC(=O)c1c(N2CCCCC2)nc2ccc(Br)cc2c1-c1ccccc1. The van der Waals surface area contributed by atoms with Gasteiger partial charge in [0.2, 0.25) is 0 Å². The van der Waals surface area contributed by atoms with Crippen LogP contribution >= 0.6 is 15.9 Å². The molecule has 1 aromatic heterocycles. The lowest BCUT2D eigenvalue weighted by atomic mass is 9.95. The van der Waals surface area contributed by atoms with Gasteiger partial charge in [-0.05, 0) is 49.9 Å². The van der Waals surface area contributed by atoms with Gasteiger partial charge in [-0.15, -0.1) is 0 Å². The van der Waals surface area contributed by atoms with Gasteiger partial charge in [-0.25, -0.2) is 9.78 Å². The molecule has 2 heterocycles. The van der Waals surface area contributed by atoms with Crippen molar-refractivity contribution >= 4 is 38.6 Å². The fraction of sp³-hybridized carbons (Fsp3) is 0.304. The first-order valence-corrected chi connectivity index (χ1v) is 10.6. The van der Waals surface area contributed by atoms with Crippen molar-refractivity contribution in [1.29, 1.82) is 0 Å². The van der Waals surface area contributed by atoms with E-state index in [1.807, 2.05) is 55.5 Å². The maximum atomic E-state index is 13.1. The van der Waals surface area contributed by atoms with Gasteiger partial charge in [0.05, 0.1) is 12.1 Å². The first-order valence-electron chi connectivity index (χ1n) is 9.80. The molecule has 0 spiro atoms. The summed E-state index contributed by atoms with van der Waals surface area (Å²) in [5.74, 6) is 0.433. The summed E-state index contributed by atoms with van der Waals surface area (Å²) >= 11 is 3.57. The Morgan fingerprint density at radius 3 is 2.57 bits per heavy atom. The van der Waals surface area contributed by atoms with Crippen molar-refractivity contribution in [2.75, 3.05) is 24.6 Å². The average molecular weight is 439 g/mol. The van der Waals surface area contributed by atoms with Gasteiger partial charge in [0.1, 0.15) is 11.4 Å². The molecule has 0 bridgehead atoms. The zero-order chi connectivity index (χ0) is 19.5. The van der Waals surface area contributed by atoms with E-state index in [1.165, 1.54) is 6.42 Å². The van der Waals surface area contributed by atoms with Crippen LogP contribution in [0.25, 0.3) is 22.0 Å². The highest BCUT2D eigenvalue weighted by Crippen LogP contribution is 2.38. The molecular formula is C23H23BrN2O2. The second-order valence-electron chi connectivity index (χ2n) is 6.98. The fourth-order valence-electron chi connectivity index (χ4n) is 3.86. The number of nitrogens with zero attached hydrogens (tertiary/aromatic N) is 2. The summed E-state index contributed by atoms with van der Waals surface area (Å²) in [5, 5.41) is 0.949. The second-order valence-corrected chi connectivity index (χ2v) is 7.90. The highest BCUT2D eigenvalue weighted by atomic mass is 79.9. The number of fused-ring (bicyclic) bond motifs is 1. The number of aromatic nitrogens is 1. The summed E-state index contributed by atoms with van der Waals surface area (Å²) in [6, 6.07) is 16.1. The molecule has 2 aromatic carbocycles. The van der Waals surface area contributed by atoms with Gasteiger partial charge in [0.25, 0.3) is 0 Å². The number of hydrogen-bond donors (Lipinski definition) is 0. The molecule has 1 fully saturated rings. The van der Waals surface area contributed by atoms with Crippen LogP contribution in [0.2, 0.25) is 0 Å². The Morgan fingerprint density at radius 2 is 1.86 bits per heavy atom. The van der Waals surface area contributed by atoms with Crippen molar-refractivity contribution in [2.24, 2.45) is 0 Å². The van der Waals surface area contributed by atoms with E-state index in [0.29, 0.717) is 12.2 Å². The molecular weight excluding hydrogens is 416 g/mol. The predicted octanol–water partition coefficient (Wildman–Crippen LogP) is 5.83. The summed E-state index contributed by atoms with van der Waals surface area (Å²) < 4.78 is 6.44. The number of ether oxygens (including phenoxy) is 1. The van der Waals surface area contributed by atoms with Crippen LogP contribution in [0.4, 0.5) is 5.82 Å². The fourth-order valence-corrected chi connectivity index (χ4v) is 4.22. The number of carbonyl (C=O) groups excluding carboxylic acids is 1. The molecule has 28 heavy (non-hydrogen) atoms. The summed E-state index contributed by atoms with van der Waals surface area (Å²) in [7, 11) is 0. The molecule has 0 unspecified atom stereocenters. The summed E-state index contributed by atoms with van der Waals surface area (Å²) in [6.45, 7) is 4.00. The van der Waals surface area contributed by atoms with Gasteiger partial charge in [-0.1, -0.05) is 46.3 Å². The Bertz CT molecular complexity index is 998. The number of esters is 1. The smallest absolute Gasteiger partial charge is 0.342 e. The minimum absolute atomic E-state index is 0.309. The molecule has 0 saturated carbocycles. The largest absolute Gasteiger partial charge is 0.462 e. The Labute approximate surface area is 173 Å². The number of carbonyl (C=O) groups is 1. The molecule has 0 N–H and O–H groups in total. The van der Waals surface area contributed by atoms with Crippen LogP contribution in [0, 0.1) is 0 Å². The van der Waals surface area contributed by atoms with Crippen LogP contribution in [-0.4, -0.2) is 30.6 Å². The number of halogens is 1. The van der Waals surface area contributed by atoms with E-state index in [0.717, 1.165) is 58.3 Å². The lowest BCUT2D eigenvalue weighted by Crippen LogP contribution is -2.32. The third-order valence-electron chi connectivity index (χ3n) is 5.13. The molecule has 4 nitrogen and oxygen atoms in total. The van der Waals surface area contributed by atoms with Gasteiger partial charge >= 0.3 is 5.97 Å². The van der Waals surface area contributed by atoms with E-state index in [9.17, 15) is 4.79 Å². The van der Waals surface area contributed by atoms with Gasteiger partial charge in [-0.3, -0.25) is 0 Å². The first-order chi connectivity index (χ1) is 13.7. The molecule has 1 aliphatic rings. The molecule has 5 heteroatoms. The zero-order valence-corrected chi connectivity index (χ0v) is 17.5. The first kappa shape index (κ1) is 18.9. The number of hydrogen-bond acceptors (Lipinski definition) is 4. The lowest BCUT2D eigenvalue weighted by Gasteiger charge is -2.30. The van der Waals surface area contributed by atoms with Crippen LogP contribution in [0.15, 0.2) is 53.0 Å². The highest BCUT2D eigenvalue weighted by molar-refractivity contribution is 9.10. The number of pyridine rings is 1. The van der Waals surface area contributed by atoms with E-state index in [4.69, 9.17) is 9.72 Å². The van der Waals surface area contributed by atoms with Crippen molar-refractivity contribution < 1.29 is 9.53 Å². The van der Waals surface area contributed by atoms with Gasteiger partial charge in [-0.2, -0.15) is 0 Å². The number of piperidine rings is 1. The molecule has 3 aromatic rings. The molecule has 1 aliphatic heterocycles. The normalized spacial score (nSPS) is 14.3. The van der Waals surface area contributed by atoms with Crippen molar-refractivity contribution in [1.82, 2.24) is 4.98 Å². The molecule has 4 rings (SSSR count). The molecule has 0 amide bonds. The molecule has 0 radical (unpaired) electrons. The maximum absolute atomic E-state index is 13.1. The third kappa shape index (κ3) is 3.63. The number of rotatable bonds is 4. The third-order valence-corrected chi connectivity index (χ3v) is 5.62. The van der Waals surface area contributed by atoms with Crippen LogP contribution in [-0.2, 0) is 4.74 Å². The molecule has 0 aliphatic carbocycles. The zero-order valence-electron chi connectivity index (χ0n) is 16.0. The van der Waals surface area contributed by atoms with Crippen molar-refractivity contribution in [3.63, 3.8) is 0 Å². The van der Waals surface area contributed by atoms with Crippen LogP contribution in [0.5, 0.6) is 0 Å². The topological polar surface area (TPSA) is 42.4 Å². The van der Waals surface area contributed by atoms with E-state index < -0.39 is 0 Å². The van der Waals surface area contributed by atoms with Crippen molar-refractivity contribution in [3.8, 4) is 11.1 Å². The number of benzene rings is 2. The van der Waals surface area contributed by atoms with Crippen molar-refractivity contribution in [3.05, 3.63) is 58.6 Å². The monoisotopic (exact) mass is 438 g/mol. The highest BCUT2D eigenvalue weighted by Gasteiger charge is 2.27.